The molecule has 0 saturated carbocycles. The summed E-state index contributed by atoms with van der Waals surface area (Å²) in [5, 5.41) is 19.1. The van der Waals surface area contributed by atoms with Crippen molar-refractivity contribution in [2.45, 2.75) is 26.4 Å². The fourth-order valence-electron chi connectivity index (χ4n) is 3.70. The second-order valence-electron chi connectivity index (χ2n) is 7.57. The molecular weight excluding hydrogens is 407 g/mol. The molecule has 0 bridgehead atoms. The zero-order valence-corrected chi connectivity index (χ0v) is 18.0. The van der Waals surface area contributed by atoms with Gasteiger partial charge in [-0.3, -0.25) is 4.99 Å². The summed E-state index contributed by atoms with van der Waals surface area (Å²) in [7, 11) is 0. The van der Waals surface area contributed by atoms with Gasteiger partial charge in [0.05, 0.1) is 23.8 Å². The zero-order chi connectivity index (χ0) is 22.7. The SMILES string of the molecule is C=N/C=C(\C=C(/C)F)c1cc(NCCc2c[nH]c3ccccc23)n2ncc([C@@H](C)O)c2n1. The molecule has 0 aliphatic carbocycles. The Morgan fingerprint density at radius 3 is 2.97 bits per heavy atom. The van der Waals surface area contributed by atoms with Crippen LogP contribution < -0.4 is 5.32 Å². The van der Waals surface area contributed by atoms with Crippen LogP contribution in [0.5, 0.6) is 0 Å². The minimum atomic E-state index is -0.752. The molecule has 0 saturated heterocycles. The van der Waals surface area contributed by atoms with Gasteiger partial charge in [-0.2, -0.15) is 9.61 Å². The summed E-state index contributed by atoms with van der Waals surface area (Å²) in [6.07, 6.45) is 6.45. The van der Waals surface area contributed by atoms with Crippen LogP contribution in [0.15, 0.2) is 65.8 Å². The van der Waals surface area contributed by atoms with Crippen LogP contribution in [0.1, 0.15) is 36.8 Å². The van der Waals surface area contributed by atoms with Crippen LogP contribution in [0.2, 0.25) is 0 Å². The number of rotatable bonds is 8. The summed E-state index contributed by atoms with van der Waals surface area (Å²) in [6.45, 7) is 7.13. The molecule has 3 heterocycles. The van der Waals surface area contributed by atoms with E-state index in [4.69, 9.17) is 0 Å². The van der Waals surface area contributed by atoms with Crippen molar-refractivity contribution in [1.82, 2.24) is 19.6 Å². The van der Waals surface area contributed by atoms with Gasteiger partial charge in [0, 0.05) is 47.0 Å². The molecule has 0 unspecified atom stereocenters. The molecule has 1 atom stereocenters. The van der Waals surface area contributed by atoms with Gasteiger partial charge in [-0.15, -0.1) is 0 Å². The predicted octanol–water partition coefficient (Wildman–Crippen LogP) is 4.83. The van der Waals surface area contributed by atoms with Crippen LogP contribution >= 0.6 is 0 Å². The van der Waals surface area contributed by atoms with Crippen molar-refractivity contribution in [2.75, 3.05) is 11.9 Å². The number of nitrogens with zero attached hydrogens (tertiary/aromatic N) is 4. The van der Waals surface area contributed by atoms with Crippen LogP contribution in [-0.4, -0.2) is 38.0 Å². The summed E-state index contributed by atoms with van der Waals surface area (Å²) in [5.41, 5.74) is 4.35. The highest BCUT2D eigenvalue weighted by atomic mass is 19.1. The Kier molecular flexibility index (Phi) is 6.13. The molecule has 0 amide bonds. The number of benzene rings is 1. The Labute approximate surface area is 185 Å². The molecule has 3 aromatic heterocycles. The number of fused-ring (bicyclic) bond motifs is 2. The molecular formula is C24H25FN6O. The van der Waals surface area contributed by atoms with Crippen molar-refractivity contribution in [1.29, 1.82) is 0 Å². The molecule has 0 aliphatic heterocycles. The van der Waals surface area contributed by atoms with Gasteiger partial charge in [-0.05, 0) is 44.7 Å². The van der Waals surface area contributed by atoms with Crippen LogP contribution in [0.4, 0.5) is 10.2 Å². The number of aliphatic imine (C=N–C) groups is 1. The number of anilines is 1. The summed E-state index contributed by atoms with van der Waals surface area (Å²) in [6, 6.07) is 9.96. The standard InChI is InChI=1S/C24H25FN6O/c1-15(25)10-18(12-26-3)22-11-23(31-24(30-22)20(14-29-31)16(2)32)27-9-8-17-13-28-21-7-5-4-6-19(17)21/h4-7,10-14,16,27-28,32H,3,8-9H2,1-2H3/b15-10+,18-12+/t16-/m1/s1. The van der Waals surface area contributed by atoms with E-state index in [0.29, 0.717) is 34.8 Å². The normalized spacial score (nSPS) is 13.6. The summed E-state index contributed by atoms with van der Waals surface area (Å²) < 4.78 is 15.3. The van der Waals surface area contributed by atoms with Crippen LogP contribution in [0.25, 0.3) is 22.1 Å². The van der Waals surface area contributed by atoms with Gasteiger partial charge < -0.3 is 15.4 Å². The fourth-order valence-corrected chi connectivity index (χ4v) is 3.70. The van der Waals surface area contributed by atoms with Gasteiger partial charge in [0.1, 0.15) is 5.82 Å². The third kappa shape index (κ3) is 4.31. The van der Waals surface area contributed by atoms with E-state index in [1.165, 1.54) is 30.1 Å². The van der Waals surface area contributed by atoms with E-state index in [-0.39, 0.29) is 5.83 Å². The Hall–Kier alpha value is -3.78. The Morgan fingerprint density at radius 2 is 2.22 bits per heavy atom. The van der Waals surface area contributed by atoms with Crippen LogP contribution in [-0.2, 0) is 6.42 Å². The van der Waals surface area contributed by atoms with E-state index in [1.54, 1.807) is 23.7 Å². The molecule has 0 radical (unpaired) electrons. The van der Waals surface area contributed by atoms with Gasteiger partial charge in [-0.25, -0.2) is 9.37 Å². The number of hydrogen-bond acceptors (Lipinski definition) is 5. The number of hydrogen-bond donors (Lipinski definition) is 3. The maximum absolute atomic E-state index is 13.7. The lowest BCUT2D eigenvalue weighted by Gasteiger charge is -2.12. The number of allylic oxidation sites excluding steroid dienone is 3. The summed E-state index contributed by atoms with van der Waals surface area (Å²) in [4.78, 5) is 11.7. The molecule has 32 heavy (non-hydrogen) atoms. The molecule has 4 rings (SSSR count). The molecule has 7 nitrogen and oxygen atoms in total. The van der Waals surface area contributed by atoms with Crippen LogP contribution in [0, 0.1) is 0 Å². The second kappa shape index (κ2) is 9.15. The number of aromatic nitrogens is 4. The molecule has 0 fully saturated rings. The second-order valence-corrected chi connectivity index (χ2v) is 7.57. The first-order chi connectivity index (χ1) is 15.5. The number of aliphatic hydroxyl groups is 1. The maximum Gasteiger partial charge on any atom is 0.163 e. The fraction of sp³-hybridized carbons (Fsp3) is 0.208. The van der Waals surface area contributed by atoms with Gasteiger partial charge in [0.2, 0.25) is 0 Å². The Morgan fingerprint density at radius 1 is 1.41 bits per heavy atom. The molecule has 0 aliphatic rings. The molecule has 8 heteroatoms. The third-order valence-corrected chi connectivity index (χ3v) is 5.21. The first-order valence-electron chi connectivity index (χ1n) is 10.3. The van der Waals surface area contributed by atoms with Crippen molar-refractivity contribution in [3.8, 4) is 0 Å². The predicted molar refractivity (Wildman–Crippen MR) is 127 cm³/mol. The number of H-pyrrole nitrogens is 1. The van der Waals surface area contributed by atoms with Crippen molar-refractivity contribution in [3.63, 3.8) is 0 Å². The van der Waals surface area contributed by atoms with E-state index >= 15 is 0 Å². The van der Waals surface area contributed by atoms with Gasteiger partial charge in [-0.1, -0.05) is 18.2 Å². The lowest BCUT2D eigenvalue weighted by atomic mass is 10.1. The van der Waals surface area contributed by atoms with E-state index in [9.17, 15) is 9.50 Å². The minimum absolute atomic E-state index is 0.375. The zero-order valence-electron chi connectivity index (χ0n) is 18.0. The monoisotopic (exact) mass is 432 g/mol. The maximum atomic E-state index is 13.7. The van der Waals surface area contributed by atoms with Gasteiger partial charge in [0.15, 0.2) is 5.65 Å². The smallest absolute Gasteiger partial charge is 0.163 e. The van der Waals surface area contributed by atoms with Crippen molar-refractivity contribution in [2.24, 2.45) is 4.99 Å². The van der Waals surface area contributed by atoms with Crippen LogP contribution in [0.3, 0.4) is 0 Å². The van der Waals surface area contributed by atoms with Gasteiger partial charge >= 0.3 is 0 Å². The molecule has 1 aromatic carbocycles. The Bertz CT molecular complexity index is 1330. The van der Waals surface area contributed by atoms with E-state index in [0.717, 1.165) is 11.9 Å². The highest BCUT2D eigenvalue weighted by Crippen LogP contribution is 2.26. The minimum Gasteiger partial charge on any atom is -0.389 e. The van der Waals surface area contributed by atoms with Gasteiger partial charge in [0.25, 0.3) is 0 Å². The van der Waals surface area contributed by atoms with Crippen molar-refractivity contribution < 1.29 is 9.50 Å². The molecule has 4 aromatic rings. The largest absolute Gasteiger partial charge is 0.389 e. The first-order valence-corrected chi connectivity index (χ1v) is 10.3. The number of nitrogens with one attached hydrogen (secondary N) is 2. The Balaban J connectivity index is 1.69. The molecule has 0 spiro atoms. The topological polar surface area (TPSA) is 90.6 Å². The summed E-state index contributed by atoms with van der Waals surface area (Å²) in [5.74, 6) is 0.302. The average molecular weight is 433 g/mol. The lowest BCUT2D eigenvalue weighted by Crippen LogP contribution is -2.11. The van der Waals surface area contributed by atoms with Crippen molar-refractivity contribution in [3.05, 3.63) is 77.6 Å². The lowest BCUT2D eigenvalue weighted by molar-refractivity contribution is 0.200. The third-order valence-electron chi connectivity index (χ3n) is 5.21. The average Bonchev–Trinajstić information content (AvgIpc) is 3.37. The number of para-hydroxylation sites is 1. The highest BCUT2D eigenvalue weighted by Gasteiger charge is 2.16. The van der Waals surface area contributed by atoms with E-state index in [1.807, 2.05) is 24.4 Å². The van der Waals surface area contributed by atoms with E-state index < -0.39 is 6.10 Å². The summed E-state index contributed by atoms with van der Waals surface area (Å²) >= 11 is 0. The first kappa shape index (κ1) is 21.5. The van der Waals surface area contributed by atoms with Crippen molar-refractivity contribution >= 4 is 34.7 Å². The molecule has 164 valence electrons. The number of aromatic amines is 1. The van der Waals surface area contributed by atoms with E-state index in [2.05, 4.69) is 38.2 Å². The number of aliphatic hydroxyl groups excluding tert-OH is 1. The quantitative estimate of drug-likeness (QED) is 0.275. The highest BCUT2D eigenvalue weighted by molar-refractivity contribution is 5.83. The molecule has 3 N–H and O–H groups in total. The number of halogens is 1.